The van der Waals surface area contributed by atoms with Crippen LogP contribution in [0.15, 0.2) is 47.9 Å². The monoisotopic (exact) mass is 403 g/mol. The van der Waals surface area contributed by atoms with Gasteiger partial charge in [0.25, 0.3) is 10.0 Å². The van der Waals surface area contributed by atoms with E-state index < -0.39 is 10.0 Å². The van der Waals surface area contributed by atoms with Crippen LogP contribution in [0.5, 0.6) is 0 Å². The number of hydrogen-bond acceptors (Lipinski definition) is 5. The van der Waals surface area contributed by atoms with Gasteiger partial charge in [0.2, 0.25) is 5.91 Å². The van der Waals surface area contributed by atoms with Crippen molar-refractivity contribution in [1.29, 1.82) is 0 Å². The number of para-hydroxylation sites is 1. The van der Waals surface area contributed by atoms with Crippen LogP contribution in [0.25, 0.3) is 0 Å². The number of amides is 1. The molecule has 9 heteroatoms. The van der Waals surface area contributed by atoms with Crippen molar-refractivity contribution in [3.63, 3.8) is 0 Å². The Hall–Kier alpha value is -2.23. The largest absolute Gasteiger partial charge is 0.335 e. The van der Waals surface area contributed by atoms with E-state index in [1.807, 2.05) is 37.4 Å². The second-order valence-electron chi connectivity index (χ2n) is 7.81. The van der Waals surface area contributed by atoms with Gasteiger partial charge in [-0.15, -0.1) is 0 Å². The van der Waals surface area contributed by atoms with Crippen molar-refractivity contribution in [2.75, 3.05) is 32.0 Å². The van der Waals surface area contributed by atoms with Crippen LogP contribution in [0.2, 0.25) is 0 Å². The maximum Gasteiger partial charge on any atom is 0.260 e. The number of H-pyrrole nitrogens is 1. The Kier molecular flexibility index (Phi) is 4.98. The lowest BCUT2D eigenvalue weighted by molar-refractivity contribution is -0.120. The molecule has 2 fully saturated rings. The van der Waals surface area contributed by atoms with Crippen molar-refractivity contribution in [1.82, 2.24) is 19.2 Å². The van der Waals surface area contributed by atoms with Crippen molar-refractivity contribution in [2.45, 2.75) is 30.3 Å². The quantitative estimate of drug-likeness (QED) is 0.807. The van der Waals surface area contributed by atoms with E-state index in [1.165, 1.54) is 16.8 Å². The molecule has 1 aromatic heterocycles. The summed E-state index contributed by atoms with van der Waals surface area (Å²) in [6.45, 7) is 1.72. The van der Waals surface area contributed by atoms with Crippen LogP contribution in [-0.4, -0.2) is 66.2 Å². The number of nitrogens with zero attached hydrogens (tertiary/aromatic N) is 3. The number of benzene rings is 1. The van der Waals surface area contributed by atoms with Crippen molar-refractivity contribution in [2.24, 2.45) is 5.41 Å². The van der Waals surface area contributed by atoms with E-state index in [0.717, 1.165) is 31.5 Å². The first-order valence-corrected chi connectivity index (χ1v) is 10.9. The molecule has 1 unspecified atom stereocenters. The van der Waals surface area contributed by atoms with Gasteiger partial charge in [0.1, 0.15) is 0 Å². The van der Waals surface area contributed by atoms with E-state index in [0.29, 0.717) is 13.1 Å². The van der Waals surface area contributed by atoms with Crippen LogP contribution >= 0.6 is 0 Å². The molecule has 2 aliphatic rings. The molecule has 2 aliphatic heterocycles. The maximum atomic E-state index is 12.8. The van der Waals surface area contributed by atoms with Crippen LogP contribution in [0.1, 0.15) is 19.3 Å². The number of aromatic amines is 1. The zero-order chi connectivity index (χ0) is 19.8. The SMILES string of the molecule is CN1CC2(CCN(S(=O)(=O)c3cnc[nH]3)CC2)CC1C(=O)Nc1ccccc1. The van der Waals surface area contributed by atoms with Gasteiger partial charge < -0.3 is 10.3 Å². The van der Waals surface area contributed by atoms with E-state index in [-0.39, 0.29) is 22.4 Å². The molecular formula is C19H25N5O3S. The standard InChI is InChI=1S/C19H25N5O3S/c1-23-13-19(11-16(23)18(25)22-15-5-3-2-4-6-15)7-9-24(10-8-19)28(26,27)17-12-20-14-21-17/h2-6,12,14,16H,7-11,13H2,1H3,(H,20,21)(H,22,25). The molecule has 0 radical (unpaired) electrons. The van der Waals surface area contributed by atoms with Crippen molar-refractivity contribution in [3.05, 3.63) is 42.9 Å². The summed E-state index contributed by atoms with van der Waals surface area (Å²) in [5, 5.41) is 3.12. The summed E-state index contributed by atoms with van der Waals surface area (Å²) >= 11 is 0. The molecule has 8 nitrogen and oxygen atoms in total. The Labute approximate surface area is 165 Å². The summed E-state index contributed by atoms with van der Waals surface area (Å²) in [5.74, 6) is -0.00177. The Morgan fingerprint density at radius 2 is 1.96 bits per heavy atom. The summed E-state index contributed by atoms with van der Waals surface area (Å²) in [6.07, 6.45) is 4.97. The number of rotatable bonds is 4. The fraction of sp³-hybridized carbons (Fsp3) is 0.474. The van der Waals surface area contributed by atoms with Crippen LogP contribution in [0, 0.1) is 5.41 Å². The van der Waals surface area contributed by atoms with Crippen molar-refractivity contribution in [3.8, 4) is 0 Å². The highest BCUT2D eigenvalue weighted by molar-refractivity contribution is 7.89. The third-order valence-electron chi connectivity index (χ3n) is 5.96. The number of carbonyl (C=O) groups is 1. The summed E-state index contributed by atoms with van der Waals surface area (Å²) < 4.78 is 26.9. The van der Waals surface area contributed by atoms with Gasteiger partial charge in [-0.25, -0.2) is 13.4 Å². The Morgan fingerprint density at radius 3 is 2.61 bits per heavy atom. The molecule has 0 bridgehead atoms. The maximum absolute atomic E-state index is 12.8. The Bertz CT molecular complexity index is 922. The second kappa shape index (κ2) is 7.31. The number of likely N-dealkylation sites (tertiary alicyclic amines) is 1. The highest BCUT2D eigenvalue weighted by Crippen LogP contribution is 2.43. The molecule has 3 heterocycles. The third-order valence-corrected chi connectivity index (χ3v) is 7.79. The van der Waals surface area contributed by atoms with Crippen molar-refractivity contribution < 1.29 is 13.2 Å². The molecule has 2 saturated heterocycles. The van der Waals surface area contributed by atoms with Crippen LogP contribution < -0.4 is 5.32 Å². The normalized spacial score (nSPS) is 23.1. The van der Waals surface area contributed by atoms with E-state index in [4.69, 9.17) is 0 Å². The Morgan fingerprint density at radius 1 is 1.25 bits per heavy atom. The van der Waals surface area contributed by atoms with Crippen LogP contribution in [0.4, 0.5) is 5.69 Å². The zero-order valence-corrected chi connectivity index (χ0v) is 16.7. The highest BCUT2D eigenvalue weighted by Gasteiger charge is 2.48. The summed E-state index contributed by atoms with van der Waals surface area (Å²) in [7, 11) is -1.56. The number of anilines is 1. The lowest BCUT2D eigenvalue weighted by Crippen LogP contribution is -2.44. The van der Waals surface area contributed by atoms with E-state index in [1.54, 1.807) is 0 Å². The number of imidazole rings is 1. The molecule has 1 atom stereocenters. The van der Waals surface area contributed by atoms with Gasteiger partial charge in [-0.1, -0.05) is 18.2 Å². The van der Waals surface area contributed by atoms with Gasteiger partial charge in [0, 0.05) is 25.3 Å². The fourth-order valence-corrected chi connectivity index (χ4v) is 5.73. The first-order chi connectivity index (χ1) is 13.4. The number of piperidine rings is 1. The summed E-state index contributed by atoms with van der Waals surface area (Å²) in [6, 6.07) is 9.26. The molecule has 1 amide bonds. The molecule has 1 spiro atoms. The Balaban J connectivity index is 1.40. The van der Waals surface area contributed by atoms with Gasteiger partial charge in [0.05, 0.1) is 18.6 Å². The minimum atomic E-state index is -3.53. The van der Waals surface area contributed by atoms with Gasteiger partial charge in [0.15, 0.2) is 5.03 Å². The fourth-order valence-electron chi connectivity index (χ4n) is 4.40. The smallest absolute Gasteiger partial charge is 0.260 e. The third kappa shape index (κ3) is 3.57. The molecule has 150 valence electrons. The predicted octanol–water partition coefficient (Wildman–Crippen LogP) is 1.52. The summed E-state index contributed by atoms with van der Waals surface area (Å²) in [4.78, 5) is 21.4. The number of hydrogen-bond donors (Lipinski definition) is 2. The first-order valence-electron chi connectivity index (χ1n) is 9.44. The lowest BCUT2D eigenvalue weighted by Gasteiger charge is -2.38. The molecule has 1 aromatic carbocycles. The topological polar surface area (TPSA) is 98.4 Å². The first kappa shape index (κ1) is 19.1. The number of likely N-dealkylation sites (N-methyl/N-ethyl adjacent to an activating group) is 1. The number of sulfonamides is 1. The lowest BCUT2D eigenvalue weighted by atomic mass is 9.77. The summed E-state index contributed by atoms with van der Waals surface area (Å²) in [5.41, 5.74) is 0.773. The average molecular weight is 404 g/mol. The van der Waals surface area contributed by atoms with Crippen LogP contribution in [0.3, 0.4) is 0 Å². The van der Waals surface area contributed by atoms with Gasteiger partial charge in [-0.2, -0.15) is 4.31 Å². The number of nitrogens with one attached hydrogen (secondary N) is 2. The minimum absolute atomic E-state index is 0.00177. The zero-order valence-electron chi connectivity index (χ0n) is 15.8. The number of aromatic nitrogens is 2. The van der Waals surface area contributed by atoms with Gasteiger partial charge in [-0.3, -0.25) is 9.69 Å². The average Bonchev–Trinajstić information content (AvgIpc) is 3.32. The minimum Gasteiger partial charge on any atom is -0.335 e. The van der Waals surface area contributed by atoms with E-state index in [9.17, 15) is 13.2 Å². The molecule has 0 aliphatic carbocycles. The molecule has 4 rings (SSSR count). The van der Waals surface area contributed by atoms with Gasteiger partial charge >= 0.3 is 0 Å². The molecular weight excluding hydrogens is 378 g/mol. The molecule has 2 aromatic rings. The molecule has 28 heavy (non-hydrogen) atoms. The van der Waals surface area contributed by atoms with Crippen LogP contribution in [-0.2, 0) is 14.8 Å². The second-order valence-corrected chi connectivity index (χ2v) is 9.72. The predicted molar refractivity (Wildman–Crippen MR) is 105 cm³/mol. The van der Waals surface area contributed by atoms with E-state index >= 15 is 0 Å². The molecule has 0 saturated carbocycles. The van der Waals surface area contributed by atoms with E-state index in [2.05, 4.69) is 20.2 Å². The van der Waals surface area contributed by atoms with Crippen molar-refractivity contribution >= 4 is 21.6 Å². The number of carbonyl (C=O) groups excluding carboxylic acids is 1. The highest BCUT2D eigenvalue weighted by atomic mass is 32.2. The van der Waals surface area contributed by atoms with Gasteiger partial charge in [-0.05, 0) is 43.9 Å². The molecule has 2 N–H and O–H groups in total.